The molecule has 0 aliphatic carbocycles. The quantitative estimate of drug-likeness (QED) is 0.391. The molecule has 0 atom stereocenters. The minimum Gasteiger partial charge on any atom is -0.490 e. The Balaban J connectivity index is 1.64. The second-order valence-corrected chi connectivity index (χ2v) is 6.63. The smallest absolute Gasteiger partial charge is 0.311 e. The molecule has 4 aromatic rings. The van der Waals surface area contributed by atoms with Gasteiger partial charge in [0, 0.05) is 23.0 Å². The number of carbonyl (C=O) groups is 1. The van der Waals surface area contributed by atoms with Gasteiger partial charge in [0.05, 0.1) is 23.1 Å². The van der Waals surface area contributed by atoms with Gasteiger partial charge in [0.1, 0.15) is 5.82 Å². The third-order valence-corrected chi connectivity index (χ3v) is 4.73. The number of amides is 1. The zero-order chi connectivity index (χ0) is 21.3. The summed E-state index contributed by atoms with van der Waals surface area (Å²) in [4.78, 5) is 27.8. The summed E-state index contributed by atoms with van der Waals surface area (Å²) < 4.78 is 7.01. The van der Waals surface area contributed by atoms with Gasteiger partial charge in [-0.3, -0.25) is 19.5 Å². The summed E-state index contributed by atoms with van der Waals surface area (Å²) in [6.45, 7) is 1.92. The van der Waals surface area contributed by atoms with Crippen LogP contribution in [0.3, 0.4) is 0 Å². The minimum absolute atomic E-state index is 0.0971. The fraction of sp³-hybridized carbons (Fsp3) is 0.0909. The van der Waals surface area contributed by atoms with E-state index in [1.165, 1.54) is 25.3 Å². The molecule has 0 aliphatic rings. The molecule has 0 radical (unpaired) electrons. The number of hydrogen-bond donors (Lipinski definition) is 1. The topological polar surface area (TPSA) is 99.3 Å². The first-order valence-corrected chi connectivity index (χ1v) is 9.16. The Morgan fingerprint density at radius 3 is 2.57 bits per heavy atom. The standard InChI is InChI=1S/C22H18N4O4/c1-14-23-18-13-16(9-10-19(18)25(14)17-6-4-3-5-7-17)24-22(27)15-8-11-21(30-2)20(12-15)26(28)29/h3-13H,1-2H3,(H,24,27). The average molecular weight is 402 g/mol. The average Bonchev–Trinajstić information content (AvgIpc) is 3.08. The predicted octanol–water partition coefficient (Wildman–Crippen LogP) is 4.50. The fourth-order valence-electron chi connectivity index (χ4n) is 3.36. The molecule has 0 fully saturated rings. The molecule has 1 amide bonds. The number of aromatic nitrogens is 2. The summed E-state index contributed by atoms with van der Waals surface area (Å²) in [7, 11) is 1.34. The number of aryl methyl sites for hydroxylation is 1. The lowest BCUT2D eigenvalue weighted by atomic mass is 10.1. The van der Waals surface area contributed by atoms with Crippen LogP contribution in [0.1, 0.15) is 16.2 Å². The van der Waals surface area contributed by atoms with Crippen LogP contribution in [0, 0.1) is 17.0 Å². The highest BCUT2D eigenvalue weighted by Gasteiger charge is 2.18. The molecule has 150 valence electrons. The van der Waals surface area contributed by atoms with Crippen LogP contribution in [0.5, 0.6) is 5.75 Å². The van der Waals surface area contributed by atoms with Crippen LogP contribution in [0.15, 0.2) is 66.7 Å². The minimum atomic E-state index is -0.583. The van der Waals surface area contributed by atoms with E-state index in [-0.39, 0.29) is 17.0 Å². The largest absolute Gasteiger partial charge is 0.490 e. The summed E-state index contributed by atoms with van der Waals surface area (Å²) in [5.74, 6) is 0.463. The predicted molar refractivity (Wildman–Crippen MR) is 113 cm³/mol. The van der Waals surface area contributed by atoms with Crippen LogP contribution in [0.25, 0.3) is 16.7 Å². The molecule has 4 rings (SSSR count). The number of hydrogen-bond acceptors (Lipinski definition) is 5. The van der Waals surface area contributed by atoms with Crippen molar-refractivity contribution < 1.29 is 14.5 Å². The second-order valence-electron chi connectivity index (χ2n) is 6.63. The normalized spacial score (nSPS) is 10.7. The van der Waals surface area contributed by atoms with Gasteiger partial charge in [-0.05, 0) is 49.4 Å². The molecule has 8 nitrogen and oxygen atoms in total. The first-order valence-electron chi connectivity index (χ1n) is 9.16. The van der Waals surface area contributed by atoms with Crippen molar-refractivity contribution in [3.63, 3.8) is 0 Å². The lowest BCUT2D eigenvalue weighted by molar-refractivity contribution is -0.385. The van der Waals surface area contributed by atoms with Gasteiger partial charge >= 0.3 is 5.69 Å². The molecule has 0 saturated carbocycles. The molecule has 8 heteroatoms. The number of carbonyl (C=O) groups excluding carboxylic acids is 1. The van der Waals surface area contributed by atoms with Crippen LogP contribution < -0.4 is 10.1 Å². The first kappa shape index (κ1) is 19.1. The molecule has 0 saturated heterocycles. The van der Waals surface area contributed by atoms with E-state index >= 15 is 0 Å². The van der Waals surface area contributed by atoms with Gasteiger partial charge in [0.15, 0.2) is 5.75 Å². The molecule has 0 spiro atoms. The van der Waals surface area contributed by atoms with Crippen LogP contribution in [0.4, 0.5) is 11.4 Å². The first-order chi connectivity index (χ1) is 14.5. The molecule has 0 bridgehead atoms. The highest BCUT2D eigenvalue weighted by Crippen LogP contribution is 2.28. The van der Waals surface area contributed by atoms with Gasteiger partial charge < -0.3 is 10.1 Å². The Kier molecular flexibility index (Phi) is 4.89. The summed E-state index contributed by atoms with van der Waals surface area (Å²) >= 11 is 0. The third kappa shape index (κ3) is 3.46. The van der Waals surface area contributed by atoms with E-state index < -0.39 is 10.8 Å². The van der Waals surface area contributed by atoms with E-state index in [1.807, 2.05) is 47.9 Å². The van der Waals surface area contributed by atoms with Crippen molar-refractivity contribution in [2.45, 2.75) is 6.92 Å². The Bertz CT molecular complexity index is 1270. The Hall–Kier alpha value is -4.20. The third-order valence-electron chi connectivity index (χ3n) is 4.73. The van der Waals surface area contributed by atoms with E-state index in [9.17, 15) is 14.9 Å². The van der Waals surface area contributed by atoms with Crippen molar-refractivity contribution in [3.8, 4) is 11.4 Å². The van der Waals surface area contributed by atoms with Crippen molar-refractivity contribution >= 4 is 28.3 Å². The zero-order valence-electron chi connectivity index (χ0n) is 16.3. The maximum absolute atomic E-state index is 12.6. The number of methoxy groups -OCH3 is 1. The monoisotopic (exact) mass is 402 g/mol. The summed E-state index contributed by atoms with van der Waals surface area (Å²) in [6.07, 6.45) is 0. The zero-order valence-corrected chi connectivity index (χ0v) is 16.3. The maximum atomic E-state index is 12.6. The van der Waals surface area contributed by atoms with Crippen molar-refractivity contribution in [2.24, 2.45) is 0 Å². The SMILES string of the molecule is COc1ccc(C(=O)Nc2ccc3c(c2)nc(C)n3-c2ccccc2)cc1[N+](=O)[O-]. The van der Waals surface area contributed by atoms with Gasteiger partial charge in [0.2, 0.25) is 0 Å². The number of nitro groups is 1. The van der Waals surface area contributed by atoms with E-state index in [0.29, 0.717) is 5.69 Å². The number of ether oxygens (including phenoxy) is 1. The number of para-hydroxylation sites is 1. The van der Waals surface area contributed by atoms with E-state index in [4.69, 9.17) is 4.74 Å². The molecule has 1 heterocycles. The number of nitrogens with one attached hydrogen (secondary N) is 1. The number of imidazole rings is 1. The fourth-order valence-corrected chi connectivity index (χ4v) is 3.36. The van der Waals surface area contributed by atoms with Gasteiger partial charge in [-0.1, -0.05) is 18.2 Å². The molecular weight excluding hydrogens is 384 g/mol. The number of anilines is 1. The Morgan fingerprint density at radius 2 is 1.87 bits per heavy atom. The lowest BCUT2D eigenvalue weighted by Crippen LogP contribution is -2.12. The lowest BCUT2D eigenvalue weighted by Gasteiger charge is -2.08. The molecular formula is C22H18N4O4. The molecule has 0 unspecified atom stereocenters. The van der Waals surface area contributed by atoms with Crippen LogP contribution >= 0.6 is 0 Å². The van der Waals surface area contributed by atoms with Crippen LogP contribution in [-0.2, 0) is 0 Å². The summed E-state index contributed by atoms with van der Waals surface area (Å²) in [6, 6.07) is 19.4. The van der Waals surface area contributed by atoms with E-state index in [1.54, 1.807) is 12.1 Å². The van der Waals surface area contributed by atoms with Gasteiger partial charge in [-0.15, -0.1) is 0 Å². The summed E-state index contributed by atoms with van der Waals surface area (Å²) in [5, 5.41) is 14.0. The number of fused-ring (bicyclic) bond motifs is 1. The molecule has 1 N–H and O–H groups in total. The van der Waals surface area contributed by atoms with Crippen molar-refractivity contribution in [1.29, 1.82) is 0 Å². The molecule has 1 aromatic heterocycles. The second kappa shape index (κ2) is 7.67. The maximum Gasteiger partial charge on any atom is 0.311 e. The van der Waals surface area contributed by atoms with Crippen LogP contribution in [0.2, 0.25) is 0 Å². The van der Waals surface area contributed by atoms with Gasteiger partial charge in [-0.25, -0.2) is 4.98 Å². The number of rotatable bonds is 5. The van der Waals surface area contributed by atoms with Crippen molar-refractivity contribution in [2.75, 3.05) is 12.4 Å². The van der Waals surface area contributed by atoms with Crippen molar-refractivity contribution in [3.05, 3.63) is 88.2 Å². The van der Waals surface area contributed by atoms with Gasteiger partial charge in [-0.2, -0.15) is 0 Å². The Morgan fingerprint density at radius 1 is 1.10 bits per heavy atom. The number of benzene rings is 3. The Labute approximate surface area is 171 Å². The molecule has 30 heavy (non-hydrogen) atoms. The number of nitro benzene ring substituents is 1. The summed E-state index contributed by atoms with van der Waals surface area (Å²) in [5.41, 5.74) is 3.08. The van der Waals surface area contributed by atoms with Crippen LogP contribution in [-0.4, -0.2) is 27.5 Å². The van der Waals surface area contributed by atoms with E-state index in [2.05, 4.69) is 10.3 Å². The van der Waals surface area contributed by atoms with Gasteiger partial charge in [0.25, 0.3) is 5.91 Å². The van der Waals surface area contributed by atoms with E-state index in [0.717, 1.165) is 22.5 Å². The molecule has 3 aromatic carbocycles. The highest BCUT2D eigenvalue weighted by molar-refractivity contribution is 6.05. The number of nitrogens with zero attached hydrogens (tertiary/aromatic N) is 3. The van der Waals surface area contributed by atoms with Crippen molar-refractivity contribution in [1.82, 2.24) is 9.55 Å². The molecule has 0 aliphatic heterocycles. The highest BCUT2D eigenvalue weighted by atomic mass is 16.6.